The molecule has 0 aromatic heterocycles. The van der Waals surface area contributed by atoms with Crippen molar-refractivity contribution in [3.8, 4) is 11.5 Å². The number of fused-ring (bicyclic) bond motifs is 2. The van der Waals surface area contributed by atoms with Gasteiger partial charge in [0.05, 0.1) is 5.56 Å². The Hall–Kier alpha value is -1.59. The number of benzene rings is 2. The predicted octanol–water partition coefficient (Wildman–Crippen LogP) is 3.42. The van der Waals surface area contributed by atoms with E-state index in [-0.39, 0.29) is 29.3 Å². The molecule has 0 aliphatic carbocycles. The average Bonchev–Trinajstić information content (AvgIpc) is 2.52. The SMILES string of the molecule is O=C1Cc2ccc(CS)cc2Sc2cc(O)cc(O)c21. The van der Waals surface area contributed by atoms with Crippen LogP contribution < -0.4 is 0 Å². The van der Waals surface area contributed by atoms with E-state index in [2.05, 4.69) is 12.6 Å². The van der Waals surface area contributed by atoms with Gasteiger partial charge in [-0.2, -0.15) is 12.6 Å². The van der Waals surface area contributed by atoms with Crippen LogP contribution >= 0.6 is 24.4 Å². The van der Waals surface area contributed by atoms with Crippen molar-refractivity contribution in [2.24, 2.45) is 0 Å². The number of phenols is 2. The third kappa shape index (κ3) is 2.27. The van der Waals surface area contributed by atoms with E-state index in [4.69, 9.17) is 0 Å². The number of aromatic hydroxyl groups is 2. The molecule has 0 bridgehead atoms. The number of carbonyl (C=O) groups is 1. The summed E-state index contributed by atoms with van der Waals surface area (Å²) in [5.41, 5.74) is 2.29. The van der Waals surface area contributed by atoms with Crippen LogP contribution in [0.25, 0.3) is 0 Å². The molecule has 2 N–H and O–H groups in total. The molecule has 0 saturated carbocycles. The first-order chi connectivity index (χ1) is 9.58. The van der Waals surface area contributed by atoms with E-state index in [0.717, 1.165) is 16.0 Å². The number of carbonyl (C=O) groups excluding carboxylic acids is 1. The van der Waals surface area contributed by atoms with Gasteiger partial charge in [-0.15, -0.1) is 0 Å². The van der Waals surface area contributed by atoms with Gasteiger partial charge in [0.25, 0.3) is 0 Å². The fraction of sp³-hybridized carbons (Fsp3) is 0.133. The minimum atomic E-state index is -0.167. The molecule has 102 valence electrons. The van der Waals surface area contributed by atoms with Crippen LogP contribution in [-0.2, 0) is 12.2 Å². The van der Waals surface area contributed by atoms with Gasteiger partial charge in [0.1, 0.15) is 11.5 Å². The summed E-state index contributed by atoms with van der Waals surface area (Å²) in [6.07, 6.45) is 0.251. The summed E-state index contributed by atoms with van der Waals surface area (Å²) in [5, 5.41) is 19.5. The Labute approximate surface area is 126 Å². The zero-order chi connectivity index (χ0) is 14.3. The van der Waals surface area contributed by atoms with E-state index in [0.29, 0.717) is 10.6 Å². The lowest BCUT2D eigenvalue weighted by Gasteiger charge is -2.08. The first-order valence-corrected chi connectivity index (χ1v) is 7.53. The van der Waals surface area contributed by atoms with E-state index in [1.807, 2.05) is 18.2 Å². The highest BCUT2D eigenvalue weighted by Gasteiger charge is 2.24. The number of ketones is 1. The zero-order valence-electron chi connectivity index (χ0n) is 10.5. The van der Waals surface area contributed by atoms with Gasteiger partial charge in [-0.1, -0.05) is 23.9 Å². The summed E-state index contributed by atoms with van der Waals surface area (Å²) in [6, 6.07) is 8.59. The van der Waals surface area contributed by atoms with E-state index >= 15 is 0 Å². The highest BCUT2D eigenvalue weighted by molar-refractivity contribution is 7.99. The topological polar surface area (TPSA) is 57.5 Å². The van der Waals surface area contributed by atoms with E-state index in [1.165, 1.54) is 23.9 Å². The van der Waals surface area contributed by atoms with Gasteiger partial charge in [0.2, 0.25) is 0 Å². The molecule has 1 aliphatic heterocycles. The minimum absolute atomic E-state index is 0.0460. The molecular formula is C15H12O3S2. The van der Waals surface area contributed by atoms with Crippen LogP contribution in [0.1, 0.15) is 21.5 Å². The minimum Gasteiger partial charge on any atom is -0.508 e. The normalized spacial score (nSPS) is 13.6. The molecule has 2 aromatic rings. The smallest absolute Gasteiger partial charge is 0.172 e. The molecule has 0 spiro atoms. The van der Waals surface area contributed by atoms with Crippen molar-refractivity contribution in [3.05, 3.63) is 47.0 Å². The number of thiol groups is 1. The summed E-state index contributed by atoms with van der Waals surface area (Å²) >= 11 is 5.64. The van der Waals surface area contributed by atoms with Crippen LogP contribution in [-0.4, -0.2) is 16.0 Å². The molecule has 1 heterocycles. The van der Waals surface area contributed by atoms with Gasteiger partial charge in [-0.05, 0) is 23.3 Å². The largest absolute Gasteiger partial charge is 0.508 e. The lowest BCUT2D eigenvalue weighted by molar-refractivity contribution is 0.0987. The standard InChI is InChI=1S/C15H12O3S2/c16-10-5-12(18)15-11(17)4-9-2-1-8(7-19)3-13(9)20-14(15)6-10/h1-3,5-6,16,18-19H,4,7H2. The van der Waals surface area contributed by atoms with E-state index in [1.54, 1.807) is 0 Å². The summed E-state index contributed by atoms with van der Waals surface area (Å²) in [7, 11) is 0. The van der Waals surface area contributed by atoms with Crippen molar-refractivity contribution in [3.63, 3.8) is 0 Å². The Morgan fingerprint density at radius 2 is 1.95 bits per heavy atom. The Kier molecular flexibility index (Phi) is 3.40. The monoisotopic (exact) mass is 304 g/mol. The molecule has 20 heavy (non-hydrogen) atoms. The van der Waals surface area contributed by atoms with Crippen molar-refractivity contribution in [2.75, 3.05) is 0 Å². The van der Waals surface area contributed by atoms with Crippen molar-refractivity contribution >= 4 is 30.2 Å². The summed E-state index contributed by atoms with van der Waals surface area (Å²) < 4.78 is 0. The Morgan fingerprint density at radius 3 is 2.70 bits per heavy atom. The van der Waals surface area contributed by atoms with Crippen LogP contribution in [0, 0.1) is 0 Å². The van der Waals surface area contributed by atoms with Gasteiger partial charge in [-0.25, -0.2) is 0 Å². The molecule has 0 saturated heterocycles. The van der Waals surface area contributed by atoms with Crippen LogP contribution in [0.2, 0.25) is 0 Å². The molecule has 0 amide bonds. The average molecular weight is 304 g/mol. The molecule has 0 unspecified atom stereocenters. The lowest BCUT2D eigenvalue weighted by atomic mass is 10.0. The molecule has 3 rings (SSSR count). The number of hydrogen-bond acceptors (Lipinski definition) is 5. The number of rotatable bonds is 1. The fourth-order valence-corrected chi connectivity index (χ4v) is 3.68. The van der Waals surface area contributed by atoms with E-state index in [9.17, 15) is 15.0 Å². The van der Waals surface area contributed by atoms with Crippen molar-refractivity contribution < 1.29 is 15.0 Å². The van der Waals surface area contributed by atoms with Crippen molar-refractivity contribution in [1.82, 2.24) is 0 Å². The summed E-state index contributed by atoms with van der Waals surface area (Å²) in [6.45, 7) is 0. The lowest BCUT2D eigenvalue weighted by Crippen LogP contribution is -2.03. The van der Waals surface area contributed by atoms with Crippen LogP contribution in [0.15, 0.2) is 40.1 Å². The maximum Gasteiger partial charge on any atom is 0.172 e. The number of Topliss-reactive ketones (excluding diaryl/α,β-unsaturated/α-hetero) is 1. The summed E-state index contributed by atoms with van der Waals surface area (Å²) in [5.74, 6) is 0.275. The number of hydrogen-bond donors (Lipinski definition) is 3. The summed E-state index contributed by atoms with van der Waals surface area (Å²) in [4.78, 5) is 13.8. The third-order valence-electron chi connectivity index (χ3n) is 3.23. The van der Waals surface area contributed by atoms with Gasteiger partial charge < -0.3 is 10.2 Å². The fourth-order valence-electron chi connectivity index (χ4n) is 2.27. The molecular weight excluding hydrogens is 292 g/mol. The Bertz CT molecular complexity index is 711. The molecule has 0 atom stereocenters. The van der Waals surface area contributed by atoms with Gasteiger partial charge in [-0.3, -0.25) is 4.79 Å². The van der Waals surface area contributed by atoms with Crippen molar-refractivity contribution in [1.29, 1.82) is 0 Å². The first kappa shape index (κ1) is 13.4. The maximum atomic E-state index is 12.3. The molecule has 3 nitrogen and oxygen atoms in total. The maximum absolute atomic E-state index is 12.3. The van der Waals surface area contributed by atoms with Gasteiger partial charge in [0, 0.05) is 28.0 Å². The Morgan fingerprint density at radius 1 is 1.15 bits per heavy atom. The van der Waals surface area contributed by atoms with Crippen LogP contribution in [0.3, 0.4) is 0 Å². The molecule has 1 aliphatic rings. The highest BCUT2D eigenvalue weighted by Crippen LogP contribution is 2.42. The first-order valence-electron chi connectivity index (χ1n) is 6.08. The molecule has 5 heteroatoms. The van der Waals surface area contributed by atoms with Crippen LogP contribution in [0.5, 0.6) is 11.5 Å². The van der Waals surface area contributed by atoms with Gasteiger partial charge >= 0.3 is 0 Å². The second kappa shape index (κ2) is 5.07. The Balaban J connectivity index is 2.18. The molecule has 0 radical (unpaired) electrons. The second-order valence-electron chi connectivity index (χ2n) is 4.64. The zero-order valence-corrected chi connectivity index (χ0v) is 12.2. The van der Waals surface area contributed by atoms with Crippen LogP contribution in [0.4, 0.5) is 0 Å². The highest BCUT2D eigenvalue weighted by atomic mass is 32.2. The van der Waals surface area contributed by atoms with Gasteiger partial charge in [0.15, 0.2) is 5.78 Å². The second-order valence-corrected chi connectivity index (χ2v) is 6.04. The predicted molar refractivity (Wildman–Crippen MR) is 81.1 cm³/mol. The molecule has 2 aromatic carbocycles. The van der Waals surface area contributed by atoms with Crippen molar-refractivity contribution in [2.45, 2.75) is 22.0 Å². The van der Waals surface area contributed by atoms with E-state index < -0.39 is 0 Å². The molecule has 0 fully saturated rings. The number of phenolic OH excluding ortho intramolecular Hbond substituents is 2. The quantitative estimate of drug-likeness (QED) is 0.707. The third-order valence-corrected chi connectivity index (χ3v) is 4.74.